The molecule has 35 heavy (non-hydrogen) atoms. The Morgan fingerprint density at radius 1 is 1.03 bits per heavy atom. The summed E-state index contributed by atoms with van der Waals surface area (Å²) in [5.41, 5.74) is 5.37. The van der Waals surface area contributed by atoms with E-state index in [1.807, 2.05) is 29.2 Å². The second kappa shape index (κ2) is 11.0. The molecule has 6 nitrogen and oxygen atoms in total. The number of carbonyl (C=O) groups is 2. The zero-order valence-electron chi connectivity index (χ0n) is 21.0. The highest BCUT2D eigenvalue weighted by atomic mass is 16.3. The van der Waals surface area contributed by atoms with Crippen LogP contribution in [-0.4, -0.2) is 22.9 Å². The zero-order valence-corrected chi connectivity index (χ0v) is 21.0. The normalized spacial score (nSPS) is 13.9. The summed E-state index contributed by atoms with van der Waals surface area (Å²) in [7, 11) is 0. The highest BCUT2D eigenvalue weighted by Gasteiger charge is 2.32. The summed E-state index contributed by atoms with van der Waals surface area (Å²) >= 11 is 0. The molecule has 1 aromatic heterocycles. The number of carbonyl (C=O) groups excluding carboxylic acids is 2. The van der Waals surface area contributed by atoms with Crippen molar-refractivity contribution in [2.24, 2.45) is 5.18 Å². The van der Waals surface area contributed by atoms with Crippen molar-refractivity contribution in [1.82, 2.24) is 4.57 Å². The lowest BCUT2D eigenvalue weighted by molar-refractivity contribution is -0.119. The van der Waals surface area contributed by atoms with Crippen LogP contribution >= 0.6 is 0 Å². The molecule has 0 saturated carbocycles. The van der Waals surface area contributed by atoms with Gasteiger partial charge in [0.05, 0.1) is 16.9 Å². The number of para-hydroxylation sites is 1. The van der Waals surface area contributed by atoms with Gasteiger partial charge in [0.25, 0.3) is 0 Å². The molecule has 3 aromatic rings. The van der Waals surface area contributed by atoms with E-state index in [2.05, 4.69) is 36.6 Å². The van der Waals surface area contributed by atoms with Gasteiger partial charge < -0.3 is 9.47 Å². The number of hydrogen-bond acceptors (Lipinski definition) is 3. The van der Waals surface area contributed by atoms with Gasteiger partial charge in [0.15, 0.2) is 0 Å². The first-order chi connectivity index (χ1) is 17.0. The molecule has 1 aliphatic rings. The van der Waals surface area contributed by atoms with E-state index in [4.69, 9.17) is 0 Å². The Balaban J connectivity index is 1.99. The van der Waals surface area contributed by atoms with Crippen molar-refractivity contribution in [3.63, 3.8) is 0 Å². The number of aromatic nitrogens is 1. The Morgan fingerprint density at radius 2 is 1.83 bits per heavy atom. The SMILES string of the molecule is CCCCCCC(CC)c1c2n(c3cc(C(=O)N=O)ccc13)CC(=O)N(CCC)c1ccccc1-2. The van der Waals surface area contributed by atoms with E-state index >= 15 is 0 Å². The number of benzene rings is 2. The number of rotatable bonds is 10. The fourth-order valence-corrected chi connectivity index (χ4v) is 5.53. The Kier molecular flexibility index (Phi) is 7.79. The van der Waals surface area contributed by atoms with Gasteiger partial charge >= 0.3 is 5.91 Å². The van der Waals surface area contributed by atoms with Gasteiger partial charge in [-0.1, -0.05) is 70.7 Å². The van der Waals surface area contributed by atoms with E-state index in [-0.39, 0.29) is 18.0 Å². The van der Waals surface area contributed by atoms with Crippen LogP contribution in [0.25, 0.3) is 22.2 Å². The number of anilines is 1. The van der Waals surface area contributed by atoms with Gasteiger partial charge in [-0.15, -0.1) is 4.91 Å². The van der Waals surface area contributed by atoms with Crippen molar-refractivity contribution in [3.05, 3.63) is 58.5 Å². The Labute approximate surface area is 207 Å². The van der Waals surface area contributed by atoms with E-state index < -0.39 is 5.91 Å². The largest absolute Gasteiger partial charge is 0.331 e. The van der Waals surface area contributed by atoms with Crippen molar-refractivity contribution in [2.45, 2.75) is 78.2 Å². The number of nitrogens with zero attached hydrogens (tertiary/aromatic N) is 3. The second-order valence-electron chi connectivity index (χ2n) is 9.49. The summed E-state index contributed by atoms with van der Waals surface area (Å²) in [6.45, 7) is 7.38. The molecule has 4 rings (SSSR count). The Bertz CT molecular complexity index is 1240. The number of unbranched alkanes of at least 4 members (excludes halogenated alkanes) is 3. The molecule has 1 unspecified atom stereocenters. The van der Waals surface area contributed by atoms with E-state index in [1.165, 1.54) is 24.8 Å². The van der Waals surface area contributed by atoms with Crippen LogP contribution in [0.5, 0.6) is 0 Å². The number of amides is 2. The third-order valence-electron chi connectivity index (χ3n) is 7.23. The van der Waals surface area contributed by atoms with Crippen LogP contribution in [0.3, 0.4) is 0 Å². The molecular formula is C29H35N3O3. The molecule has 0 spiro atoms. The molecule has 2 heterocycles. The molecule has 2 amide bonds. The molecular weight excluding hydrogens is 438 g/mol. The first kappa shape index (κ1) is 24.8. The predicted molar refractivity (Wildman–Crippen MR) is 142 cm³/mol. The quantitative estimate of drug-likeness (QED) is 0.227. The van der Waals surface area contributed by atoms with Crippen molar-refractivity contribution < 1.29 is 9.59 Å². The summed E-state index contributed by atoms with van der Waals surface area (Å²) in [5, 5.41) is 3.68. The molecule has 0 saturated heterocycles. The second-order valence-corrected chi connectivity index (χ2v) is 9.49. The van der Waals surface area contributed by atoms with Gasteiger partial charge in [-0.3, -0.25) is 9.59 Å². The van der Waals surface area contributed by atoms with E-state index in [1.54, 1.807) is 12.1 Å². The molecule has 6 heteroatoms. The molecule has 0 N–H and O–H groups in total. The van der Waals surface area contributed by atoms with Gasteiger partial charge in [0.2, 0.25) is 5.91 Å². The monoisotopic (exact) mass is 473 g/mol. The van der Waals surface area contributed by atoms with Crippen LogP contribution < -0.4 is 4.90 Å². The van der Waals surface area contributed by atoms with Crippen molar-refractivity contribution in [3.8, 4) is 11.3 Å². The van der Waals surface area contributed by atoms with Gasteiger partial charge in [-0.25, -0.2) is 0 Å². The molecule has 184 valence electrons. The van der Waals surface area contributed by atoms with Crippen LogP contribution in [-0.2, 0) is 11.3 Å². The van der Waals surface area contributed by atoms with Gasteiger partial charge in [-0.05, 0) is 48.9 Å². The average molecular weight is 474 g/mol. The van der Waals surface area contributed by atoms with Crippen molar-refractivity contribution >= 4 is 28.4 Å². The van der Waals surface area contributed by atoms with Gasteiger partial charge in [0, 0.05) is 28.2 Å². The number of hydrogen-bond donors (Lipinski definition) is 0. The average Bonchev–Trinajstić information content (AvgIpc) is 3.13. The lowest BCUT2D eigenvalue weighted by Crippen LogP contribution is -2.33. The highest BCUT2D eigenvalue weighted by molar-refractivity contribution is 6.06. The zero-order chi connectivity index (χ0) is 24.9. The highest BCUT2D eigenvalue weighted by Crippen LogP contribution is 2.46. The smallest absolute Gasteiger partial charge is 0.316 e. The fourth-order valence-electron chi connectivity index (χ4n) is 5.53. The summed E-state index contributed by atoms with van der Waals surface area (Å²) in [4.78, 5) is 38.5. The maximum atomic E-state index is 13.5. The summed E-state index contributed by atoms with van der Waals surface area (Å²) in [6, 6.07) is 13.5. The lowest BCUT2D eigenvalue weighted by Gasteiger charge is -2.23. The van der Waals surface area contributed by atoms with Crippen LogP contribution in [0.15, 0.2) is 47.6 Å². The maximum Gasteiger partial charge on any atom is 0.316 e. The van der Waals surface area contributed by atoms with Crippen LogP contribution in [0.2, 0.25) is 0 Å². The summed E-state index contributed by atoms with van der Waals surface area (Å²) in [5.74, 6) is -0.427. The Hall–Kier alpha value is -3.28. The third kappa shape index (κ3) is 4.66. The topological polar surface area (TPSA) is 71.7 Å². The minimum Gasteiger partial charge on any atom is -0.331 e. The summed E-state index contributed by atoms with van der Waals surface area (Å²) in [6.07, 6.45) is 7.74. The van der Waals surface area contributed by atoms with Crippen LogP contribution in [0.4, 0.5) is 5.69 Å². The molecule has 2 aromatic carbocycles. The fraction of sp³-hybridized carbons (Fsp3) is 0.448. The van der Waals surface area contributed by atoms with E-state index in [0.29, 0.717) is 12.5 Å². The first-order valence-electron chi connectivity index (χ1n) is 13.0. The molecule has 1 aliphatic heterocycles. The van der Waals surface area contributed by atoms with Crippen LogP contribution in [0.1, 0.15) is 87.6 Å². The van der Waals surface area contributed by atoms with Crippen molar-refractivity contribution in [1.29, 1.82) is 0 Å². The molecule has 1 atom stereocenters. The molecule has 0 radical (unpaired) electrons. The van der Waals surface area contributed by atoms with Crippen molar-refractivity contribution in [2.75, 3.05) is 11.4 Å². The maximum absolute atomic E-state index is 13.5. The third-order valence-corrected chi connectivity index (χ3v) is 7.23. The first-order valence-corrected chi connectivity index (χ1v) is 13.0. The Morgan fingerprint density at radius 3 is 2.54 bits per heavy atom. The van der Waals surface area contributed by atoms with E-state index in [9.17, 15) is 14.5 Å². The minimum atomic E-state index is -0.788. The predicted octanol–water partition coefficient (Wildman–Crippen LogP) is 7.44. The minimum absolute atomic E-state index is 0.0303. The summed E-state index contributed by atoms with van der Waals surface area (Å²) < 4.78 is 2.07. The van der Waals surface area contributed by atoms with E-state index in [0.717, 1.165) is 53.5 Å². The van der Waals surface area contributed by atoms with Gasteiger partial charge in [-0.2, -0.15) is 0 Å². The van der Waals surface area contributed by atoms with Crippen LogP contribution in [0, 0.1) is 4.91 Å². The molecule has 0 bridgehead atoms. The standard InChI is InChI=1S/C29H35N3O3/c1-4-7-8-9-12-20(6-3)27-22-16-15-21(29(34)30-35)18-25(22)32-19-26(33)31(17-5-2)24-14-11-10-13-23(24)28(27)32/h10-11,13-16,18,20H,4-9,12,17,19H2,1-3H3. The molecule has 0 fully saturated rings. The molecule has 0 aliphatic carbocycles. The number of fused-ring (bicyclic) bond motifs is 5. The van der Waals surface area contributed by atoms with Gasteiger partial charge in [0.1, 0.15) is 6.54 Å². The lowest BCUT2D eigenvalue weighted by atomic mass is 9.86. The number of nitroso groups, excluding NO2 is 1.